The summed E-state index contributed by atoms with van der Waals surface area (Å²) in [5.74, 6) is 1.02. The van der Waals surface area contributed by atoms with E-state index >= 15 is 0 Å². The van der Waals surface area contributed by atoms with Gasteiger partial charge in [-0.15, -0.1) is 0 Å². The van der Waals surface area contributed by atoms with Crippen molar-refractivity contribution in [3.05, 3.63) is 52.6 Å². The number of hydrogen-bond donors (Lipinski definition) is 3. The Hall–Kier alpha value is -4.26. The van der Waals surface area contributed by atoms with Gasteiger partial charge in [-0.2, -0.15) is 4.98 Å². The van der Waals surface area contributed by atoms with Crippen LogP contribution in [0.3, 0.4) is 0 Å². The highest BCUT2D eigenvalue weighted by Crippen LogP contribution is 2.40. The van der Waals surface area contributed by atoms with Gasteiger partial charge < -0.3 is 29.8 Å². The Balaban J connectivity index is 1.26. The zero-order valence-corrected chi connectivity index (χ0v) is 22.7. The van der Waals surface area contributed by atoms with Gasteiger partial charge >= 0.3 is 6.09 Å². The molecule has 13 nitrogen and oxygen atoms in total. The molecular formula is C27H33N7O6. The molecule has 1 amide bonds. The lowest BCUT2D eigenvalue weighted by Crippen LogP contribution is -2.44. The van der Waals surface area contributed by atoms with Gasteiger partial charge in [0.15, 0.2) is 0 Å². The fourth-order valence-corrected chi connectivity index (χ4v) is 4.65. The van der Waals surface area contributed by atoms with Crippen LogP contribution in [0, 0.1) is 10.1 Å². The number of rotatable bonds is 7. The van der Waals surface area contributed by atoms with Crippen LogP contribution in [0.15, 0.2) is 36.7 Å². The third-order valence-electron chi connectivity index (χ3n) is 6.90. The highest BCUT2D eigenvalue weighted by molar-refractivity contribution is 5.71. The molecule has 0 radical (unpaired) electrons. The number of nitro groups is 1. The number of nitrogens with zero attached hydrogens (tertiary/aromatic N) is 5. The predicted molar refractivity (Wildman–Crippen MR) is 145 cm³/mol. The van der Waals surface area contributed by atoms with E-state index < -0.39 is 16.1 Å². The van der Waals surface area contributed by atoms with E-state index in [2.05, 4.69) is 25.3 Å². The molecule has 13 heteroatoms. The number of aromatic nitrogens is 4. The van der Waals surface area contributed by atoms with Crippen molar-refractivity contribution in [2.75, 3.05) is 18.4 Å². The quantitative estimate of drug-likeness (QED) is 0.277. The fourth-order valence-electron chi connectivity index (χ4n) is 4.65. The molecule has 3 N–H and O–H groups in total. The number of carbonyl (C=O) groups is 1. The van der Waals surface area contributed by atoms with Gasteiger partial charge in [-0.1, -0.05) is 0 Å². The van der Waals surface area contributed by atoms with E-state index in [9.17, 15) is 20.0 Å². The first-order valence-electron chi connectivity index (χ1n) is 13.3. The second kappa shape index (κ2) is 10.7. The van der Waals surface area contributed by atoms with Crippen molar-refractivity contribution in [1.29, 1.82) is 0 Å². The van der Waals surface area contributed by atoms with Crippen LogP contribution >= 0.6 is 0 Å². The van der Waals surface area contributed by atoms with E-state index in [1.165, 1.54) is 12.1 Å². The SMILES string of the molecule is CC(C)(C)OC(=O)N1CCC(Oc2ccnc(Nc3cc(-c4cnc(C5(O)CCC5)[nH]4)cc([N+](=O)[O-])c3)n2)CC1. The van der Waals surface area contributed by atoms with Crippen LogP contribution in [-0.4, -0.2) is 65.8 Å². The van der Waals surface area contributed by atoms with Gasteiger partial charge in [-0.3, -0.25) is 10.1 Å². The Labute approximate surface area is 231 Å². The first-order chi connectivity index (χ1) is 19.0. The number of likely N-dealkylation sites (tertiary alicyclic amines) is 1. The van der Waals surface area contributed by atoms with Crippen LogP contribution in [0.4, 0.5) is 22.1 Å². The molecule has 1 saturated carbocycles. The molecule has 2 fully saturated rings. The lowest BCUT2D eigenvalue weighted by atomic mass is 9.80. The first-order valence-corrected chi connectivity index (χ1v) is 13.3. The summed E-state index contributed by atoms with van der Waals surface area (Å²) in [6, 6.07) is 6.20. The highest BCUT2D eigenvalue weighted by Gasteiger charge is 2.39. The maximum Gasteiger partial charge on any atom is 0.410 e. The normalized spacial score (nSPS) is 17.1. The van der Waals surface area contributed by atoms with Gasteiger partial charge in [0.25, 0.3) is 5.69 Å². The molecule has 1 aliphatic heterocycles. The predicted octanol–water partition coefficient (Wildman–Crippen LogP) is 4.67. The first kappa shape index (κ1) is 27.3. The van der Waals surface area contributed by atoms with E-state index in [1.807, 2.05) is 20.8 Å². The molecule has 0 bridgehead atoms. The standard InChI is InChI=1S/C27H33N7O6/c1-26(2,3)40-25(35)33-11-6-20(7-12-33)39-22-5-10-28-24(32-22)30-18-13-17(14-19(15-18)34(37)38)21-16-29-23(31-21)27(36)8-4-9-27/h5,10,13-16,20,36H,4,6-9,11-12H2,1-3H3,(H,29,31)(H,28,30,32). The summed E-state index contributed by atoms with van der Waals surface area (Å²) in [6.07, 6.45) is 6.06. The number of nitro benzene ring substituents is 1. The molecule has 2 aliphatic rings. The second-order valence-electron chi connectivity index (χ2n) is 11.2. The average molecular weight is 552 g/mol. The maximum atomic E-state index is 12.3. The minimum Gasteiger partial charge on any atom is -0.474 e. The number of aliphatic hydroxyl groups is 1. The Morgan fingerprint density at radius 3 is 2.62 bits per heavy atom. The van der Waals surface area contributed by atoms with Crippen LogP contribution in [0.5, 0.6) is 5.88 Å². The minimum atomic E-state index is -0.972. The summed E-state index contributed by atoms with van der Waals surface area (Å²) in [7, 11) is 0. The zero-order chi connectivity index (χ0) is 28.5. The number of aromatic amines is 1. The molecule has 40 heavy (non-hydrogen) atoms. The zero-order valence-electron chi connectivity index (χ0n) is 22.7. The lowest BCUT2D eigenvalue weighted by Gasteiger charge is -2.34. The fraction of sp³-hybridized carbons (Fsp3) is 0.481. The molecule has 1 aromatic carbocycles. The average Bonchev–Trinajstić information content (AvgIpc) is 3.38. The van der Waals surface area contributed by atoms with E-state index in [0.717, 1.165) is 6.42 Å². The third kappa shape index (κ3) is 6.30. The summed E-state index contributed by atoms with van der Waals surface area (Å²) in [5.41, 5.74) is -0.150. The summed E-state index contributed by atoms with van der Waals surface area (Å²) < 4.78 is 11.5. The number of imidazole rings is 1. The van der Waals surface area contributed by atoms with Crippen LogP contribution in [0.2, 0.25) is 0 Å². The van der Waals surface area contributed by atoms with E-state index in [-0.39, 0.29) is 23.8 Å². The number of H-pyrrole nitrogens is 1. The van der Waals surface area contributed by atoms with Gasteiger partial charge in [0.1, 0.15) is 23.1 Å². The highest BCUT2D eigenvalue weighted by atomic mass is 16.6. The number of piperidine rings is 1. The van der Waals surface area contributed by atoms with E-state index in [0.29, 0.717) is 67.4 Å². The maximum absolute atomic E-state index is 12.3. The molecule has 0 spiro atoms. The topological polar surface area (TPSA) is 169 Å². The molecule has 0 unspecified atom stereocenters. The number of non-ortho nitro benzene ring substituents is 1. The second-order valence-corrected chi connectivity index (χ2v) is 11.2. The smallest absolute Gasteiger partial charge is 0.410 e. The van der Waals surface area contributed by atoms with Crippen LogP contribution in [0.25, 0.3) is 11.3 Å². The lowest BCUT2D eigenvalue weighted by molar-refractivity contribution is -0.384. The van der Waals surface area contributed by atoms with Crippen molar-refractivity contribution >= 4 is 23.4 Å². The molecule has 3 aromatic rings. The van der Waals surface area contributed by atoms with E-state index in [4.69, 9.17) is 9.47 Å². The van der Waals surface area contributed by atoms with Crippen LogP contribution in [0.1, 0.15) is 58.7 Å². The summed E-state index contributed by atoms with van der Waals surface area (Å²) in [5, 5.41) is 25.3. The third-order valence-corrected chi connectivity index (χ3v) is 6.90. The molecule has 5 rings (SSSR count). The van der Waals surface area contributed by atoms with Gasteiger partial charge in [-0.05, 0) is 46.1 Å². The van der Waals surface area contributed by atoms with Gasteiger partial charge in [-0.25, -0.2) is 14.8 Å². The number of ether oxygens (including phenoxy) is 2. The minimum absolute atomic E-state index is 0.123. The number of amides is 1. The molecule has 212 valence electrons. The molecule has 0 atom stereocenters. The van der Waals surface area contributed by atoms with Crippen molar-refractivity contribution in [2.45, 2.75) is 70.2 Å². The Bertz CT molecular complexity index is 1390. The summed E-state index contributed by atoms with van der Waals surface area (Å²) in [4.78, 5) is 41.2. The molecular weight excluding hydrogens is 518 g/mol. The monoisotopic (exact) mass is 551 g/mol. The van der Waals surface area contributed by atoms with Crippen LogP contribution < -0.4 is 10.1 Å². The van der Waals surface area contributed by atoms with Gasteiger partial charge in [0.05, 0.1) is 16.8 Å². The summed E-state index contributed by atoms with van der Waals surface area (Å²) in [6.45, 7) is 6.54. The number of hydrogen-bond acceptors (Lipinski definition) is 10. The van der Waals surface area contributed by atoms with Crippen molar-refractivity contribution in [3.63, 3.8) is 0 Å². The van der Waals surface area contributed by atoms with Gasteiger partial charge in [0, 0.05) is 61.6 Å². The van der Waals surface area contributed by atoms with Crippen molar-refractivity contribution in [2.24, 2.45) is 0 Å². The van der Waals surface area contributed by atoms with E-state index in [1.54, 1.807) is 29.4 Å². The number of carbonyl (C=O) groups excluding carboxylic acids is 1. The number of anilines is 2. The Morgan fingerprint density at radius 2 is 1.98 bits per heavy atom. The molecule has 2 aromatic heterocycles. The van der Waals surface area contributed by atoms with Gasteiger partial charge in [0.2, 0.25) is 11.8 Å². The van der Waals surface area contributed by atoms with Crippen molar-refractivity contribution < 1.29 is 24.3 Å². The van der Waals surface area contributed by atoms with Crippen molar-refractivity contribution in [3.8, 4) is 17.1 Å². The van der Waals surface area contributed by atoms with Crippen LogP contribution in [-0.2, 0) is 10.3 Å². The molecule has 1 saturated heterocycles. The molecule has 3 heterocycles. The summed E-state index contributed by atoms with van der Waals surface area (Å²) >= 11 is 0. The largest absolute Gasteiger partial charge is 0.474 e. The number of nitrogens with one attached hydrogen (secondary N) is 2. The number of benzene rings is 1. The van der Waals surface area contributed by atoms with Crippen molar-refractivity contribution in [1.82, 2.24) is 24.8 Å². The molecule has 1 aliphatic carbocycles. The Kier molecular flexibility index (Phi) is 7.32. The Morgan fingerprint density at radius 1 is 1.23 bits per heavy atom.